The lowest BCUT2D eigenvalue weighted by Gasteiger charge is -2.15. The molecule has 0 aliphatic carbocycles. The van der Waals surface area contributed by atoms with Gasteiger partial charge in [-0.05, 0) is 18.6 Å². The minimum atomic E-state index is -0.888. The van der Waals surface area contributed by atoms with E-state index in [1.165, 1.54) is 11.8 Å². The first kappa shape index (κ1) is 15.5. The number of nitrogens with one attached hydrogen (secondary N) is 1. The van der Waals surface area contributed by atoms with Gasteiger partial charge in [0.1, 0.15) is 0 Å². The molecule has 0 saturated heterocycles. The predicted octanol–water partition coefficient (Wildman–Crippen LogP) is 1.93. The molecule has 0 radical (unpaired) electrons. The number of aliphatic carboxylic acids is 1. The fourth-order valence-corrected chi connectivity index (χ4v) is 2.33. The number of nitrogens with zero attached hydrogens (tertiary/aromatic N) is 1. The molecule has 0 fully saturated rings. The van der Waals surface area contributed by atoms with E-state index in [9.17, 15) is 9.59 Å². The maximum absolute atomic E-state index is 11.7. The van der Waals surface area contributed by atoms with E-state index in [1.807, 2.05) is 19.1 Å². The molecule has 1 atom stereocenters. The van der Waals surface area contributed by atoms with E-state index in [-0.39, 0.29) is 24.1 Å². The van der Waals surface area contributed by atoms with Crippen molar-refractivity contribution in [2.24, 2.45) is 0 Å². The zero-order chi connectivity index (χ0) is 14.1. The highest BCUT2D eigenvalue weighted by Crippen LogP contribution is 2.15. The van der Waals surface area contributed by atoms with Crippen LogP contribution in [-0.2, 0) is 9.59 Å². The quantitative estimate of drug-likeness (QED) is 0.712. The lowest BCUT2D eigenvalue weighted by molar-refractivity contribution is -0.137. The minimum absolute atomic E-state index is 0.0283. The Balaban J connectivity index is 2.37. The summed E-state index contributed by atoms with van der Waals surface area (Å²) in [6.45, 7) is 1.97. The Bertz CT molecular complexity index is 412. The van der Waals surface area contributed by atoms with E-state index < -0.39 is 5.97 Å². The van der Waals surface area contributed by atoms with Crippen LogP contribution in [0.3, 0.4) is 0 Å². The summed E-state index contributed by atoms with van der Waals surface area (Å²) in [5.74, 6) is -0.744. The second-order valence-corrected chi connectivity index (χ2v) is 5.17. The van der Waals surface area contributed by atoms with Gasteiger partial charge in [0.15, 0.2) is 0 Å². The number of aromatic nitrogens is 1. The van der Waals surface area contributed by atoms with Gasteiger partial charge in [0, 0.05) is 23.3 Å². The highest BCUT2D eigenvalue weighted by molar-refractivity contribution is 8.00. The van der Waals surface area contributed by atoms with Crippen LogP contribution in [0.5, 0.6) is 0 Å². The van der Waals surface area contributed by atoms with Crippen molar-refractivity contribution >= 4 is 23.6 Å². The lowest BCUT2D eigenvalue weighted by Crippen LogP contribution is -2.37. The van der Waals surface area contributed by atoms with E-state index in [4.69, 9.17) is 5.11 Å². The van der Waals surface area contributed by atoms with Crippen molar-refractivity contribution in [2.75, 3.05) is 5.75 Å². The number of hydrogen-bond acceptors (Lipinski definition) is 4. The summed E-state index contributed by atoms with van der Waals surface area (Å²) in [4.78, 5) is 27.3. The Morgan fingerprint density at radius 3 is 2.68 bits per heavy atom. The van der Waals surface area contributed by atoms with Crippen molar-refractivity contribution in [3.63, 3.8) is 0 Å². The maximum Gasteiger partial charge on any atom is 0.305 e. The summed E-state index contributed by atoms with van der Waals surface area (Å²) in [7, 11) is 0. The van der Waals surface area contributed by atoms with Gasteiger partial charge in [0.25, 0.3) is 0 Å². The molecule has 0 bridgehead atoms. The molecule has 19 heavy (non-hydrogen) atoms. The molecule has 0 aromatic carbocycles. The SMILES string of the molecule is CCCC(CC(=O)O)NC(=O)CSc1ccncc1. The summed E-state index contributed by atoms with van der Waals surface area (Å²) in [5, 5.41) is 11.5. The van der Waals surface area contributed by atoms with Gasteiger partial charge in [0.2, 0.25) is 5.91 Å². The van der Waals surface area contributed by atoms with Crippen molar-refractivity contribution in [3.8, 4) is 0 Å². The number of carbonyl (C=O) groups is 2. The van der Waals surface area contributed by atoms with E-state index >= 15 is 0 Å². The van der Waals surface area contributed by atoms with Crippen LogP contribution in [-0.4, -0.2) is 33.8 Å². The van der Waals surface area contributed by atoms with Crippen LogP contribution in [0.2, 0.25) is 0 Å². The molecule has 1 heterocycles. The predicted molar refractivity (Wildman–Crippen MR) is 74.1 cm³/mol. The standard InChI is InChI=1S/C13H18N2O3S/c1-2-3-10(8-13(17)18)15-12(16)9-19-11-4-6-14-7-5-11/h4-7,10H,2-3,8-9H2,1H3,(H,15,16)(H,17,18). The van der Waals surface area contributed by atoms with Crippen LogP contribution in [0.25, 0.3) is 0 Å². The van der Waals surface area contributed by atoms with Crippen molar-refractivity contribution in [1.29, 1.82) is 0 Å². The third-order valence-electron chi connectivity index (χ3n) is 2.44. The summed E-state index contributed by atoms with van der Waals surface area (Å²) < 4.78 is 0. The Morgan fingerprint density at radius 1 is 1.42 bits per heavy atom. The zero-order valence-corrected chi connectivity index (χ0v) is 11.7. The van der Waals surface area contributed by atoms with E-state index in [2.05, 4.69) is 10.3 Å². The molecule has 1 rings (SSSR count). The van der Waals surface area contributed by atoms with Crippen molar-refractivity contribution in [3.05, 3.63) is 24.5 Å². The first-order chi connectivity index (χ1) is 9.11. The molecule has 1 unspecified atom stereocenters. The molecule has 104 valence electrons. The Labute approximate surface area is 116 Å². The molecule has 0 aliphatic heterocycles. The molecule has 6 heteroatoms. The van der Waals surface area contributed by atoms with Crippen molar-refractivity contribution in [2.45, 2.75) is 37.1 Å². The van der Waals surface area contributed by atoms with Gasteiger partial charge in [-0.15, -0.1) is 11.8 Å². The normalized spacial score (nSPS) is 11.8. The van der Waals surface area contributed by atoms with Crippen LogP contribution in [0.15, 0.2) is 29.4 Å². The molecular formula is C13H18N2O3S. The summed E-state index contributed by atoms with van der Waals surface area (Å²) >= 11 is 1.41. The number of pyridine rings is 1. The fourth-order valence-electron chi connectivity index (χ4n) is 1.64. The molecule has 0 spiro atoms. The fraction of sp³-hybridized carbons (Fsp3) is 0.462. The Hall–Kier alpha value is -1.56. The number of amides is 1. The minimum Gasteiger partial charge on any atom is -0.481 e. The van der Waals surface area contributed by atoms with Crippen molar-refractivity contribution < 1.29 is 14.7 Å². The number of carboxylic acid groups (broad SMARTS) is 1. The van der Waals surface area contributed by atoms with Gasteiger partial charge in [0.05, 0.1) is 12.2 Å². The van der Waals surface area contributed by atoms with Crippen LogP contribution in [0.4, 0.5) is 0 Å². The number of carbonyl (C=O) groups excluding carboxylic acids is 1. The third kappa shape index (κ3) is 6.81. The molecule has 1 aromatic rings. The Morgan fingerprint density at radius 2 is 2.11 bits per heavy atom. The maximum atomic E-state index is 11.7. The van der Waals surface area contributed by atoms with Crippen LogP contribution in [0.1, 0.15) is 26.2 Å². The van der Waals surface area contributed by atoms with E-state index in [0.29, 0.717) is 6.42 Å². The van der Waals surface area contributed by atoms with Gasteiger partial charge in [-0.25, -0.2) is 0 Å². The zero-order valence-electron chi connectivity index (χ0n) is 10.8. The second kappa shape index (κ2) is 8.53. The highest BCUT2D eigenvalue weighted by atomic mass is 32.2. The monoisotopic (exact) mass is 282 g/mol. The molecule has 1 amide bonds. The molecule has 0 saturated carbocycles. The lowest BCUT2D eigenvalue weighted by atomic mass is 10.1. The molecule has 1 aromatic heterocycles. The summed E-state index contributed by atoms with van der Waals surface area (Å²) in [5.41, 5.74) is 0. The van der Waals surface area contributed by atoms with Crippen LogP contribution < -0.4 is 5.32 Å². The molecule has 2 N–H and O–H groups in total. The van der Waals surface area contributed by atoms with E-state index in [1.54, 1.807) is 12.4 Å². The first-order valence-electron chi connectivity index (χ1n) is 6.15. The smallest absolute Gasteiger partial charge is 0.305 e. The number of thioether (sulfide) groups is 1. The largest absolute Gasteiger partial charge is 0.481 e. The number of rotatable bonds is 8. The average Bonchev–Trinajstić information content (AvgIpc) is 2.37. The van der Waals surface area contributed by atoms with Gasteiger partial charge in [-0.2, -0.15) is 0 Å². The highest BCUT2D eigenvalue weighted by Gasteiger charge is 2.15. The van der Waals surface area contributed by atoms with Gasteiger partial charge >= 0.3 is 5.97 Å². The third-order valence-corrected chi connectivity index (χ3v) is 3.45. The first-order valence-corrected chi connectivity index (χ1v) is 7.14. The number of carboxylic acids is 1. The Kier molecular flexibility index (Phi) is 6.95. The van der Waals surface area contributed by atoms with Gasteiger partial charge < -0.3 is 10.4 Å². The van der Waals surface area contributed by atoms with E-state index in [0.717, 1.165) is 11.3 Å². The van der Waals surface area contributed by atoms with Gasteiger partial charge in [-0.3, -0.25) is 14.6 Å². The van der Waals surface area contributed by atoms with Crippen LogP contribution in [0, 0.1) is 0 Å². The molecule has 5 nitrogen and oxygen atoms in total. The molecular weight excluding hydrogens is 264 g/mol. The topological polar surface area (TPSA) is 79.3 Å². The number of hydrogen-bond donors (Lipinski definition) is 2. The summed E-state index contributed by atoms with van der Waals surface area (Å²) in [6, 6.07) is 3.38. The van der Waals surface area contributed by atoms with Crippen LogP contribution >= 0.6 is 11.8 Å². The van der Waals surface area contributed by atoms with Gasteiger partial charge in [-0.1, -0.05) is 13.3 Å². The summed E-state index contributed by atoms with van der Waals surface area (Å²) in [6.07, 6.45) is 4.84. The average molecular weight is 282 g/mol. The second-order valence-electron chi connectivity index (χ2n) is 4.12. The van der Waals surface area contributed by atoms with Crippen molar-refractivity contribution in [1.82, 2.24) is 10.3 Å². The molecule has 0 aliphatic rings.